The van der Waals surface area contributed by atoms with Crippen LogP contribution in [0.1, 0.15) is 0 Å². The van der Waals surface area contributed by atoms with Crippen molar-refractivity contribution in [1.82, 2.24) is 10.1 Å². The number of H-pyrrole nitrogens is 1. The number of aromatic hydroxyl groups is 2. The molecular formula is C5H4N2O3. The van der Waals surface area contributed by atoms with Gasteiger partial charge in [0, 0.05) is 0 Å². The highest BCUT2D eigenvalue weighted by Crippen LogP contribution is 2.30. The topological polar surface area (TPSA) is 82.3 Å². The third-order valence-corrected chi connectivity index (χ3v) is 1.28. The zero-order valence-electron chi connectivity index (χ0n) is 4.83. The average Bonchev–Trinajstić information content (AvgIpc) is 2.39. The standard InChI is InChI=1S/C5H4N2O3/c8-4-2-1-6-10-3(2)5(9)7-4/h1,7-9H. The Morgan fingerprint density at radius 3 is 2.90 bits per heavy atom. The maximum atomic E-state index is 8.97. The lowest BCUT2D eigenvalue weighted by atomic mass is 10.4. The van der Waals surface area contributed by atoms with Gasteiger partial charge in [-0.05, 0) is 0 Å². The number of rotatable bonds is 0. The Morgan fingerprint density at radius 2 is 2.20 bits per heavy atom. The Bertz CT molecular complexity index is 330. The molecule has 10 heavy (non-hydrogen) atoms. The van der Waals surface area contributed by atoms with Crippen LogP contribution in [0.2, 0.25) is 0 Å². The zero-order chi connectivity index (χ0) is 7.14. The van der Waals surface area contributed by atoms with E-state index in [0.29, 0.717) is 5.39 Å². The van der Waals surface area contributed by atoms with Crippen LogP contribution in [0.25, 0.3) is 11.0 Å². The first kappa shape index (κ1) is 5.16. The van der Waals surface area contributed by atoms with E-state index in [0.717, 1.165) is 0 Å². The Hall–Kier alpha value is -1.65. The summed E-state index contributed by atoms with van der Waals surface area (Å²) in [4.78, 5) is 2.27. The van der Waals surface area contributed by atoms with E-state index < -0.39 is 0 Å². The molecule has 0 aromatic carbocycles. The number of aromatic amines is 1. The minimum Gasteiger partial charge on any atom is -0.494 e. The van der Waals surface area contributed by atoms with Crippen LogP contribution < -0.4 is 0 Å². The van der Waals surface area contributed by atoms with Crippen LogP contribution in [-0.2, 0) is 0 Å². The summed E-state index contributed by atoms with van der Waals surface area (Å²) in [7, 11) is 0. The van der Waals surface area contributed by atoms with Gasteiger partial charge in [-0.1, -0.05) is 5.16 Å². The maximum Gasteiger partial charge on any atom is 0.239 e. The Kier molecular flexibility index (Phi) is 0.743. The van der Waals surface area contributed by atoms with E-state index in [1.54, 1.807) is 0 Å². The maximum absolute atomic E-state index is 8.97. The van der Waals surface area contributed by atoms with E-state index in [-0.39, 0.29) is 17.3 Å². The SMILES string of the molecule is Oc1[nH]c(O)c2oncc12. The highest BCUT2D eigenvalue weighted by Gasteiger charge is 2.11. The van der Waals surface area contributed by atoms with Crippen molar-refractivity contribution in [2.75, 3.05) is 0 Å². The lowest BCUT2D eigenvalue weighted by molar-refractivity contribution is 0.403. The minimum atomic E-state index is -0.204. The quantitative estimate of drug-likeness (QED) is 0.499. The first-order valence-electron chi connectivity index (χ1n) is 2.63. The fraction of sp³-hybridized carbons (Fsp3) is 0. The Balaban J connectivity index is 2.98. The van der Waals surface area contributed by atoms with Gasteiger partial charge in [0.15, 0.2) is 0 Å². The summed E-state index contributed by atoms with van der Waals surface area (Å²) in [6.45, 7) is 0. The number of hydrogen-bond donors (Lipinski definition) is 3. The summed E-state index contributed by atoms with van der Waals surface area (Å²) in [5.41, 5.74) is 0.178. The predicted molar refractivity (Wildman–Crippen MR) is 31.7 cm³/mol. The van der Waals surface area contributed by atoms with Crippen molar-refractivity contribution in [2.24, 2.45) is 0 Å². The molecule has 0 unspecified atom stereocenters. The van der Waals surface area contributed by atoms with Crippen LogP contribution in [0.4, 0.5) is 0 Å². The normalized spacial score (nSPS) is 10.8. The van der Waals surface area contributed by atoms with Crippen LogP contribution in [0.3, 0.4) is 0 Å². The Morgan fingerprint density at radius 1 is 1.40 bits per heavy atom. The summed E-state index contributed by atoms with van der Waals surface area (Å²) in [5, 5.41) is 21.7. The minimum absolute atomic E-state index is 0.131. The molecule has 2 heterocycles. The van der Waals surface area contributed by atoms with Crippen molar-refractivity contribution in [3.05, 3.63) is 6.20 Å². The van der Waals surface area contributed by atoms with E-state index in [1.165, 1.54) is 6.20 Å². The van der Waals surface area contributed by atoms with Gasteiger partial charge in [-0.3, -0.25) is 4.98 Å². The average molecular weight is 140 g/mol. The molecule has 0 saturated carbocycles. The van der Waals surface area contributed by atoms with Gasteiger partial charge in [0.25, 0.3) is 0 Å². The molecule has 0 atom stereocenters. The number of fused-ring (bicyclic) bond motifs is 1. The third kappa shape index (κ3) is 0.439. The molecule has 0 aliphatic rings. The van der Waals surface area contributed by atoms with Crippen molar-refractivity contribution in [2.45, 2.75) is 0 Å². The highest BCUT2D eigenvalue weighted by molar-refractivity contribution is 5.86. The van der Waals surface area contributed by atoms with Crippen molar-refractivity contribution < 1.29 is 14.7 Å². The molecule has 0 bridgehead atoms. The van der Waals surface area contributed by atoms with Crippen molar-refractivity contribution in [3.8, 4) is 11.8 Å². The molecule has 0 saturated heterocycles. The molecule has 5 nitrogen and oxygen atoms in total. The molecule has 52 valence electrons. The fourth-order valence-corrected chi connectivity index (χ4v) is 0.815. The van der Waals surface area contributed by atoms with Gasteiger partial charge in [-0.15, -0.1) is 0 Å². The van der Waals surface area contributed by atoms with Crippen LogP contribution in [0, 0.1) is 0 Å². The molecule has 2 aromatic rings. The first-order valence-corrected chi connectivity index (χ1v) is 2.63. The first-order chi connectivity index (χ1) is 4.79. The van der Waals surface area contributed by atoms with E-state index in [4.69, 9.17) is 10.2 Å². The smallest absolute Gasteiger partial charge is 0.239 e. The summed E-state index contributed by atoms with van der Waals surface area (Å²) in [5.74, 6) is -0.334. The largest absolute Gasteiger partial charge is 0.494 e. The number of aromatic nitrogens is 2. The third-order valence-electron chi connectivity index (χ3n) is 1.28. The second kappa shape index (κ2) is 1.44. The van der Waals surface area contributed by atoms with Crippen LogP contribution in [0.15, 0.2) is 10.7 Å². The van der Waals surface area contributed by atoms with E-state index >= 15 is 0 Å². The summed E-state index contributed by atoms with van der Waals surface area (Å²) in [6, 6.07) is 0. The molecule has 2 rings (SSSR count). The highest BCUT2D eigenvalue weighted by atomic mass is 16.5. The Labute approximate surface area is 54.9 Å². The van der Waals surface area contributed by atoms with E-state index in [1.807, 2.05) is 0 Å². The zero-order valence-corrected chi connectivity index (χ0v) is 4.83. The van der Waals surface area contributed by atoms with E-state index in [9.17, 15) is 0 Å². The van der Waals surface area contributed by atoms with Gasteiger partial charge in [0.1, 0.15) is 5.39 Å². The lowest BCUT2D eigenvalue weighted by Gasteiger charge is -1.78. The molecule has 0 fully saturated rings. The van der Waals surface area contributed by atoms with Gasteiger partial charge in [0.05, 0.1) is 6.20 Å². The second-order valence-corrected chi connectivity index (χ2v) is 1.89. The van der Waals surface area contributed by atoms with E-state index in [2.05, 4.69) is 14.7 Å². The fourth-order valence-electron chi connectivity index (χ4n) is 0.815. The van der Waals surface area contributed by atoms with Crippen molar-refractivity contribution in [3.63, 3.8) is 0 Å². The molecule has 5 heteroatoms. The molecule has 3 N–H and O–H groups in total. The molecule has 0 spiro atoms. The lowest BCUT2D eigenvalue weighted by Crippen LogP contribution is -1.61. The van der Waals surface area contributed by atoms with Crippen molar-refractivity contribution in [1.29, 1.82) is 0 Å². The van der Waals surface area contributed by atoms with Crippen molar-refractivity contribution >= 4 is 11.0 Å². The molecule has 0 amide bonds. The molecule has 0 aliphatic carbocycles. The molecule has 0 aliphatic heterocycles. The van der Waals surface area contributed by atoms with Gasteiger partial charge in [-0.25, -0.2) is 0 Å². The number of hydrogen-bond acceptors (Lipinski definition) is 4. The summed E-state index contributed by atoms with van der Waals surface area (Å²) < 4.78 is 4.58. The van der Waals surface area contributed by atoms with Gasteiger partial charge in [0.2, 0.25) is 17.3 Å². The van der Waals surface area contributed by atoms with Crippen LogP contribution >= 0.6 is 0 Å². The van der Waals surface area contributed by atoms with Crippen LogP contribution in [0.5, 0.6) is 11.8 Å². The molecular weight excluding hydrogens is 136 g/mol. The van der Waals surface area contributed by atoms with Gasteiger partial charge < -0.3 is 14.7 Å². The molecule has 0 radical (unpaired) electrons. The summed E-state index contributed by atoms with van der Waals surface area (Å²) in [6.07, 6.45) is 1.32. The molecule has 2 aromatic heterocycles. The number of nitrogens with zero attached hydrogens (tertiary/aromatic N) is 1. The monoisotopic (exact) mass is 140 g/mol. The predicted octanol–water partition coefficient (Wildman–Crippen LogP) is 0.567. The van der Waals surface area contributed by atoms with Crippen LogP contribution in [-0.4, -0.2) is 20.4 Å². The second-order valence-electron chi connectivity index (χ2n) is 1.89. The van der Waals surface area contributed by atoms with Gasteiger partial charge >= 0.3 is 0 Å². The summed E-state index contributed by atoms with van der Waals surface area (Å²) >= 11 is 0. The number of nitrogens with one attached hydrogen (secondary N) is 1. The van der Waals surface area contributed by atoms with Gasteiger partial charge in [-0.2, -0.15) is 0 Å².